The molecular weight excluding hydrogens is 1380 g/mol. The van der Waals surface area contributed by atoms with Gasteiger partial charge in [0.25, 0.3) is 5.91 Å². The molecule has 21 heteroatoms. The Morgan fingerprint density at radius 2 is 0.768 bits per heavy atom. The van der Waals surface area contributed by atoms with E-state index in [1.54, 1.807) is 38.2 Å². The second-order valence-corrected chi connectivity index (χ2v) is 29.9. The summed E-state index contributed by atoms with van der Waals surface area (Å²) in [6.07, 6.45) is 7.38. The van der Waals surface area contributed by atoms with Crippen LogP contribution in [0.15, 0.2) is 127 Å². The maximum atomic E-state index is 13.1. The number of benzene rings is 6. The van der Waals surface area contributed by atoms with E-state index in [4.69, 9.17) is 93.7 Å². The third kappa shape index (κ3) is 15.4. The number of ether oxygens (including phenoxy) is 4. The van der Waals surface area contributed by atoms with E-state index in [0.717, 1.165) is 80.0 Å². The standard InChI is InChI=1S/C27H31Cl2NO4.C26H30Cl2N2O3.C25H27Cl2NO4/c1-4-27-13-12-21(20-11-10-19(14-22(20)29)34-15-23(31)33-5-2)24(17-6-8-18(28)9-7-17)25(27)16(3)30-26(27)32;1-4-26-12-11-20(19-10-9-18(13-21(19)28)33-14-22(31)29-3)23(16-5-7-17(27)8-6-16)24(26)15(2)30-25(26)32;1-3-25-11-10-19(18-9-8-17(12-20(18)27)32-13-21(29)30)22(15-4-6-16(26)7-5-15)23(25)14(2)28-24(25)31/h6-11,14,16,21,24-25H,4-5,12-13,15H2,1-3H3,(H,30,32);5-10,13,15,20,23-24H,4,11-12,14H2,1-3H3,(H,29,31)(H,30,32);4-9,12,14,19,22-23H,3,10-11,13H2,1-2H3,(H,28,31)(H,29,30)/t16-,21+,24+,25+,27-;15-,20+,23+,24+,26-;14-,19+,22+,23+,25-/m111/s1. The number of carboxylic acids is 1. The Kier molecular flexibility index (Phi) is 24.3. The van der Waals surface area contributed by atoms with Gasteiger partial charge in [-0.1, -0.05) is 145 Å². The monoisotopic (exact) mass is 1470 g/mol. The van der Waals surface area contributed by atoms with E-state index >= 15 is 0 Å². The first-order valence-corrected chi connectivity index (χ1v) is 36.7. The summed E-state index contributed by atoms with van der Waals surface area (Å²) in [5, 5.41) is 24.9. The molecule has 6 aromatic carbocycles. The molecule has 0 bridgehead atoms. The molecule has 6 aromatic rings. The molecule has 99 heavy (non-hydrogen) atoms. The highest BCUT2D eigenvalue weighted by atomic mass is 35.5. The lowest BCUT2D eigenvalue weighted by atomic mass is 9.54. The number of fused-ring (bicyclic) bond motifs is 3. The normalized spacial score (nSPS) is 28.7. The highest BCUT2D eigenvalue weighted by Gasteiger charge is 2.62. The van der Waals surface area contributed by atoms with E-state index in [1.807, 2.05) is 66.7 Å². The number of nitrogens with one attached hydrogen (secondary N) is 4. The van der Waals surface area contributed by atoms with Crippen molar-refractivity contribution in [2.45, 2.75) is 160 Å². The second kappa shape index (κ2) is 32.1. The van der Waals surface area contributed by atoms with Crippen LogP contribution in [0.5, 0.6) is 17.2 Å². The van der Waals surface area contributed by atoms with Gasteiger partial charge in [0.05, 0.1) is 22.9 Å². The summed E-state index contributed by atoms with van der Waals surface area (Å²) >= 11 is 38.8. The molecule has 6 fully saturated rings. The van der Waals surface area contributed by atoms with Crippen molar-refractivity contribution in [1.29, 1.82) is 0 Å². The number of halogens is 6. The van der Waals surface area contributed by atoms with Crippen LogP contribution in [0, 0.1) is 34.0 Å². The van der Waals surface area contributed by atoms with Crippen LogP contribution >= 0.6 is 69.6 Å². The lowest BCUT2D eigenvalue weighted by Crippen LogP contribution is -2.43. The number of hydrogen-bond acceptors (Lipinski definition) is 10. The molecule has 3 saturated heterocycles. The van der Waals surface area contributed by atoms with Crippen molar-refractivity contribution in [3.63, 3.8) is 0 Å². The maximum Gasteiger partial charge on any atom is 0.344 e. The average Bonchev–Trinajstić information content (AvgIpc) is 1.64. The maximum absolute atomic E-state index is 13.1. The molecule has 528 valence electrons. The predicted octanol–water partition coefficient (Wildman–Crippen LogP) is 17.1. The first kappa shape index (κ1) is 75.0. The number of esters is 1. The number of carbonyl (C=O) groups is 6. The van der Waals surface area contributed by atoms with Crippen LogP contribution in [0.3, 0.4) is 0 Å². The summed E-state index contributed by atoms with van der Waals surface area (Å²) < 4.78 is 21.4. The van der Waals surface area contributed by atoms with Crippen LogP contribution in [0.1, 0.15) is 175 Å². The van der Waals surface area contributed by atoms with Crippen LogP contribution in [0.2, 0.25) is 30.1 Å². The minimum Gasteiger partial charge on any atom is -0.484 e. The zero-order valence-electron chi connectivity index (χ0n) is 57.0. The zero-order chi connectivity index (χ0) is 71.3. The number of carboxylic acid groups (broad SMARTS) is 1. The smallest absolute Gasteiger partial charge is 0.344 e. The van der Waals surface area contributed by atoms with Crippen molar-refractivity contribution in [3.8, 4) is 17.2 Å². The molecule has 3 heterocycles. The number of rotatable bonds is 19. The topological polar surface area (TPSA) is 208 Å². The molecule has 0 aromatic heterocycles. The molecule has 0 radical (unpaired) electrons. The van der Waals surface area contributed by atoms with Crippen molar-refractivity contribution in [1.82, 2.24) is 21.3 Å². The Bertz CT molecular complexity index is 3920. The summed E-state index contributed by atoms with van der Waals surface area (Å²) in [5.41, 5.74) is 5.40. The van der Waals surface area contributed by atoms with Gasteiger partial charge < -0.3 is 45.3 Å². The summed E-state index contributed by atoms with van der Waals surface area (Å²) in [7, 11) is 1.57. The van der Waals surface area contributed by atoms with Gasteiger partial charge in [-0.25, -0.2) is 9.59 Å². The molecule has 15 atom stereocenters. The third-order valence-corrected chi connectivity index (χ3v) is 24.3. The van der Waals surface area contributed by atoms with Crippen LogP contribution in [-0.2, 0) is 33.5 Å². The average molecular weight is 1470 g/mol. The van der Waals surface area contributed by atoms with E-state index in [-0.39, 0.29) is 119 Å². The molecule has 5 N–H and O–H groups in total. The number of hydrogen-bond donors (Lipinski definition) is 5. The zero-order valence-corrected chi connectivity index (χ0v) is 61.6. The van der Waals surface area contributed by atoms with Crippen LogP contribution < -0.4 is 35.5 Å². The van der Waals surface area contributed by atoms with E-state index in [9.17, 15) is 28.8 Å². The van der Waals surface area contributed by atoms with Crippen molar-refractivity contribution < 1.29 is 52.8 Å². The number of carbonyl (C=O) groups excluding carboxylic acids is 5. The van der Waals surface area contributed by atoms with E-state index in [0.29, 0.717) is 54.0 Å². The summed E-state index contributed by atoms with van der Waals surface area (Å²) in [4.78, 5) is 73.3. The van der Waals surface area contributed by atoms with Crippen LogP contribution in [-0.4, -0.2) is 92.3 Å². The molecule has 3 aliphatic heterocycles. The van der Waals surface area contributed by atoms with Crippen molar-refractivity contribution in [2.75, 3.05) is 33.5 Å². The molecule has 3 aliphatic carbocycles. The molecule has 0 unspecified atom stereocenters. The summed E-state index contributed by atoms with van der Waals surface area (Å²) in [6, 6.07) is 40.7. The van der Waals surface area contributed by atoms with Gasteiger partial charge in [0.1, 0.15) is 17.2 Å². The second-order valence-electron chi connectivity index (χ2n) is 27.3. The first-order valence-electron chi connectivity index (χ1n) is 34.4. The van der Waals surface area contributed by atoms with Gasteiger partial charge in [0, 0.05) is 73.1 Å². The summed E-state index contributed by atoms with van der Waals surface area (Å²) in [5.74, 6) is 1.43. The fraction of sp³-hybridized carbons (Fsp3) is 0.462. The van der Waals surface area contributed by atoms with Crippen molar-refractivity contribution >= 4 is 105 Å². The first-order chi connectivity index (χ1) is 47.4. The van der Waals surface area contributed by atoms with Gasteiger partial charge in [-0.15, -0.1) is 0 Å². The SMILES string of the molecule is CCOC(=O)COc1ccc([C@@H]2CC[C@@]3(CC)C(=O)N[C@H](C)[C@H]3[C@H]2c2ccc(Cl)cc2)c(Cl)c1.CC[C@@]12CC[C@@H](c3ccc(OCC(=O)NC)cc3Cl)[C@H](c3ccc(Cl)cc3)[C@@H]1[C@@H](C)NC2=O.CC[C@@]12CC[C@@H](c3ccc(OCC(=O)O)cc3Cl)[C@H](c3ccc(Cl)cc3)[C@@H]1[C@@H](C)NC2=O. The van der Waals surface area contributed by atoms with Crippen molar-refractivity contribution in [3.05, 3.63) is 191 Å². The van der Waals surface area contributed by atoms with E-state index in [2.05, 4.69) is 99.2 Å². The Labute approximate surface area is 610 Å². The molecule has 0 spiro atoms. The molecular formula is C78H88Cl6N4O11. The number of amides is 4. The van der Waals surface area contributed by atoms with Gasteiger partial charge in [-0.3, -0.25) is 19.2 Å². The Balaban J connectivity index is 0.000000161. The fourth-order valence-corrected chi connectivity index (χ4v) is 19.4. The lowest BCUT2D eigenvalue weighted by molar-refractivity contribution is -0.145. The van der Waals surface area contributed by atoms with E-state index in [1.165, 1.54) is 11.1 Å². The molecule has 6 aliphatic rings. The van der Waals surface area contributed by atoms with Gasteiger partial charge in [-0.2, -0.15) is 0 Å². The predicted molar refractivity (Wildman–Crippen MR) is 389 cm³/mol. The third-order valence-electron chi connectivity index (χ3n) is 22.6. The molecule has 3 saturated carbocycles. The quantitative estimate of drug-likeness (QED) is 0.0482. The van der Waals surface area contributed by atoms with E-state index < -0.39 is 24.0 Å². The Morgan fingerprint density at radius 3 is 1.04 bits per heavy atom. The van der Waals surface area contributed by atoms with Gasteiger partial charge in [0.2, 0.25) is 17.7 Å². The minimum absolute atomic E-state index is 0.0443. The Hall–Kier alpha value is -6.72. The van der Waals surface area contributed by atoms with Crippen LogP contribution in [0.25, 0.3) is 0 Å². The molecule has 12 rings (SSSR count). The van der Waals surface area contributed by atoms with Crippen LogP contribution in [0.4, 0.5) is 0 Å². The molecule has 15 nitrogen and oxygen atoms in total. The minimum atomic E-state index is -1.04. The van der Waals surface area contributed by atoms with Gasteiger partial charge in [-0.05, 0) is 227 Å². The summed E-state index contributed by atoms with van der Waals surface area (Å²) in [6.45, 7) is 14.1. The fourth-order valence-electron chi connectivity index (χ4n) is 18.1. The number of likely N-dealkylation sites (N-methyl/N-ethyl adjacent to an activating group) is 1. The highest BCUT2D eigenvalue weighted by molar-refractivity contribution is 6.33. The molecule has 4 amide bonds. The van der Waals surface area contributed by atoms with Gasteiger partial charge in [0.15, 0.2) is 19.8 Å². The lowest BCUT2D eigenvalue weighted by Gasteiger charge is -2.47. The highest BCUT2D eigenvalue weighted by Crippen LogP contribution is 2.64. The number of aliphatic carboxylic acids is 1. The Morgan fingerprint density at radius 1 is 0.465 bits per heavy atom. The van der Waals surface area contributed by atoms with Crippen molar-refractivity contribution in [2.24, 2.45) is 34.0 Å². The largest absolute Gasteiger partial charge is 0.484 e. The van der Waals surface area contributed by atoms with Gasteiger partial charge >= 0.3 is 11.9 Å².